The lowest BCUT2D eigenvalue weighted by atomic mass is 10.0. The van der Waals surface area contributed by atoms with Gasteiger partial charge < -0.3 is 14.4 Å². The van der Waals surface area contributed by atoms with Crippen LogP contribution in [0.3, 0.4) is 0 Å². The third-order valence-corrected chi connectivity index (χ3v) is 4.73. The second kappa shape index (κ2) is 6.76. The third-order valence-electron chi connectivity index (χ3n) is 4.30. The first-order chi connectivity index (χ1) is 9.56. The zero-order chi connectivity index (χ0) is 14.7. The number of halogens is 1. The molecule has 4 nitrogen and oxygen atoms in total. The Kier molecular flexibility index (Phi) is 5.27. The number of hydrogen-bond acceptors (Lipinski definition) is 2. The molecule has 0 saturated carbocycles. The third kappa shape index (κ3) is 3.26. The molecule has 1 saturated heterocycles. The molecular weight excluding hydrogens is 318 g/mol. The Morgan fingerprint density at radius 3 is 2.55 bits per heavy atom. The summed E-state index contributed by atoms with van der Waals surface area (Å²) in [7, 11) is 1.94. The summed E-state index contributed by atoms with van der Waals surface area (Å²) in [5.41, 5.74) is 0.778. The van der Waals surface area contributed by atoms with E-state index in [9.17, 15) is 4.79 Å². The van der Waals surface area contributed by atoms with Crippen LogP contribution in [0, 0.1) is 0 Å². The molecule has 1 aromatic rings. The summed E-state index contributed by atoms with van der Waals surface area (Å²) in [6.07, 6.45) is 4.12. The lowest BCUT2D eigenvalue weighted by molar-refractivity contribution is 0.0636. The van der Waals surface area contributed by atoms with Gasteiger partial charge >= 0.3 is 0 Å². The van der Waals surface area contributed by atoms with Gasteiger partial charge in [-0.05, 0) is 48.3 Å². The molecule has 5 heteroatoms. The SMILES string of the molecule is CCN1CCC(N(C)C(=O)c2cc(Br)cn2CC)CC1. The predicted molar refractivity (Wildman–Crippen MR) is 85.0 cm³/mol. The van der Waals surface area contributed by atoms with Crippen LogP contribution in [-0.2, 0) is 6.54 Å². The summed E-state index contributed by atoms with van der Waals surface area (Å²) in [6, 6.07) is 2.29. The number of amides is 1. The van der Waals surface area contributed by atoms with Crippen molar-refractivity contribution in [2.45, 2.75) is 39.3 Å². The van der Waals surface area contributed by atoms with Crippen LogP contribution in [0.25, 0.3) is 0 Å². The molecule has 0 N–H and O–H groups in total. The monoisotopic (exact) mass is 341 g/mol. The molecule has 1 fully saturated rings. The Labute approximate surface area is 129 Å². The summed E-state index contributed by atoms with van der Waals surface area (Å²) < 4.78 is 2.97. The van der Waals surface area contributed by atoms with Crippen LogP contribution in [0.15, 0.2) is 16.7 Å². The van der Waals surface area contributed by atoms with Crippen molar-refractivity contribution in [3.63, 3.8) is 0 Å². The van der Waals surface area contributed by atoms with Gasteiger partial charge in [-0.1, -0.05) is 6.92 Å². The minimum atomic E-state index is 0.132. The van der Waals surface area contributed by atoms with Crippen molar-refractivity contribution in [1.82, 2.24) is 14.4 Å². The molecule has 0 spiro atoms. The Balaban J connectivity index is 2.05. The van der Waals surface area contributed by atoms with Gasteiger partial charge in [-0.25, -0.2) is 0 Å². The molecule has 2 heterocycles. The van der Waals surface area contributed by atoms with Crippen LogP contribution in [-0.4, -0.2) is 53.0 Å². The molecule has 1 amide bonds. The highest BCUT2D eigenvalue weighted by Crippen LogP contribution is 2.20. The molecule has 0 aliphatic carbocycles. The number of aromatic nitrogens is 1. The average Bonchev–Trinajstić information content (AvgIpc) is 2.87. The van der Waals surface area contributed by atoms with E-state index in [1.807, 2.05) is 28.8 Å². The number of carbonyl (C=O) groups is 1. The fraction of sp³-hybridized carbons (Fsp3) is 0.667. The maximum absolute atomic E-state index is 12.7. The number of rotatable bonds is 4. The second-order valence-corrected chi connectivity index (χ2v) is 6.33. The van der Waals surface area contributed by atoms with Crippen molar-refractivity contribution in [3.05, 3.63) is 22.4 Å². The van der Waals surface area contributed by atoms with Crippen molar-refractivity contribution in [2.75, 3.05) is 26.7 Å². The summed E-state index contributed by atoms with van der Waals surface area (Å²) in [4.78, 5) is 17.0. The highest BCUT2D eigenvalue weighted by atomic mass is 79.9. The highest BCUT2D eigenvalue weighted by Gasteiger charge is 2.26. The molecule has 0 radical (unpaired) electrons. The van der Waals surface area contributed by atoms with E-state index in [4.69, 9.17) is 0 Å². The van der Waals surface area contributed by atoms with Gasteiger partial charge in [0.05, 0.1) is 0 Å². The largest absolute Gasteiger partial charge is 0.343 e. The van der Waals surface area contributed by atoms with E-state index >= 15 is 0 Å². The summed E-state index contributed by atoms with van der Waals surface area (Å²) in [5.74, 6) is 0.132. The van der Waals surface area contributed by atoms with Crippen LogP contribution in [0.4, 0.5) is 0 Å². The van der Waals surface area contributed by atoms with Crippen molar-refractivity contribution in [3.8, 4) is 0 Å². The van der Waals surface area contributed by atoms with Gasteiger partial charge in [0.2, 0.25) is 0 Å². The molecule has 2 rings (SSSR count). The molecule has 0 unspecified atom stereocenters. The second-order valence-electron chi connectivity index (χ2n) is 5.41. The van der Waals surface area contributed by atoms with E-state index in [1.54, 1.807) is 0 Å². The Morgan fingerprint density at radius 1 is 1.35 bits per heavy atom. The van der Waals surface area contributed by atoms with E-state index in [0.717, 1.165) is 49.2 Å². The summed E-state index contributed by atoms with van der Waals surface area (Å²) >= 11 is 3.46. The van der Waals surface area contributed by atoms with Gasteiger partial charge in [-0.15, -0.1) is 0 Å². The number of carbonyl (C=O) groups excluding carboxylic acids is 1. The van der Waals surface area contributed by atoms with Crippen molar-refractivity contribution < 1.29 is 4.79 Å². The molecule has 0 aromatic carbocycles. The Bertz CT molecular complexity index is 464. The van der Waals surface area contributed by atoms with E-state index < -0.39 is 0 Å². The van der Waals surface area contributed by atoms with E-state index in [1.165, 1.54) is 0 Å². The van der Waals surface area contributed by atoms with Crippen LogP contribution in [0.5, 0.6) is 0 Å². The highest BCUT2D eigenvalue weighted by molar-refractivity contribution is 9.10. The smallest absolute Gasteiger partial charge is 0.270 e. The molecule has 1 aliphatic rings. The normalized spacial score (nSPS) is 17.4. The zero-order valence-electron chi connectivity index (χ0n) is 12.6. The Hall–Kier alpha value is -0.810. The van der Waals surface area contributed by atoms with Crippen LogP contribution in [0.1, 0.15) is 37.2 Å². The predicted octanol–water partition coefficient (Wildman–Crippen LogP) is 2.83. The number of hydrogen-bond donors (Lipinski definition) is 0. The zero-order valence-corrected chi connectivity index (χ0v) is 14.2. The van der Waals surface area contributed by atoms with Crippen molar-refractivity contribution >= 4 is 21.8 Å². The first kappa shape index (κ1) is 15.6. The quantitative estimate of drug-likeness (QED) is 0.842. The van der Waals surface area contributed by atoms with Gasteiger partial charge in [0, 0.05) is 43.4 Å². The topological polar surface area (TPSA) is 28.5 Å². The van der Waals surface area contributed by atoms with Crippen LogP contribution >= 0.6 is 15.9 Å². The van der Waals surface area contributed by atoms with E-state index in [0.29, 0.717) is 6.04 Å². The minimum absolute atomic E-state index is 0.132. The lowest BCUT2D eigenvalue weighted by Gasteiger charge is -2.36. The number of likely N-dealkylation sites (tertiary alicyclic amines) is 1. The minimum Gasteiger partial charge on any atom is -0.343 e. The van der Waals surface area contributed by atoms with Gasteiger partial charge in [0.25, 0.3) is 5.91 Å². The van der Waals surface area contributed by atoms with Gasteiger partial charge in [0.15, 0.2) is 0 Å². The average molecular weight is 342 g/mol. The summed E-state index contributed by atoms with van der Waals surface area (Å²) in [6.45, 7) is 8.36. The molecule has 112 valence electrons. The van der Waals surface area contributed by atoms with Gasteiger partial charge in [-0.3, -0.25) is 4.79 Å². The fourth-order valence-corrected chi connectivity index (χ4v) is 3.35. The molecule has 20 heavy (non-hydrogen) atoms. The Morgan fingerprint density at radius 2 is 2.00 bits per heavy atom. The molecule has 1 aliphatic heterocycles. The fourth-order valence-electron chi connectivity index (χ4n) is 2.88. The van der Waals surface area contributed by atoms with E-state index in [-0.39, 0.29) is 5.91 Å². The van der Waals surface area contributed by atoms with Crippen molar-refractivity contribution in [1.29, 1.82) is 0 Å². The molecule has 0 bridgehead atoms. The first-order valence-electron chi connectivity index (χ1n) is 7.42. The van der Waals surface area contributed by atoms with Crippen LogP contribution in [0.2, 0.25) is 0 Å². The van der Waals surface area contributed by atoms with Crippen LogP contribution < -0.4 is 0 Å². The maximum atomic E-state index is 12.7. The molecule has 0 atom stereocenters. The van der Waals surface area contributed by atoms with Gasteiger partial charge in [0.1, 0.15) is 5.69 Å². The molecular formula is C15H24BrN3O. The van der Waals surface area contributed by atoms with E-state index in [2.05, 4.69) is 34.7 Å². The summed E-state index contributed by atoms with van der Waals surface area (Å²) in [5, 5.41) is 0. The molecule has 1 aromatic heterocycles. The standard InChI is InChI=1S/C15H24BrN3O/c1-4-18-8-6-13(7-9-18)17(3)15(20)14-10-12(16)11-19(14)5-2/h10-11,13H,4-9H2,1-3H3. The number of piperidine rings is 1. The van der Waals surface area contributed by atoms with Gasteiger partial charge in [-0.2, -0.15) is 0 Å². The maximum Gasteiger partial charge on any atom is 0.270 e. The number of aryl methyl sites for hydroxylation is 1. The number of nitrogens with zero attached hydrogens (tertiary/aromatic N) is 3. The lowest BCUT2D eigenvalue weighted by Crippen LogP contribution is -2.45. The first-order valence-corrected chi connectivity index (χ1v) is 8.21. The van der Waals surface area contributed by atoms with Crippen molar-refractivity contribution in [2.24, 2.45) is 0 Å².